The largest absolute Gasteiger partial charge is 0.489 e. The topological polar surface area (TPSA) is 68.7 Å². The average Bonchev–Trinajstić information content (AvgIpc) is 3.00. The summed E-state index contributed by atoms with van der Waals surface area (Å²) >= 11 is 0. The Morgan fingerprint density at radius 2 is 1.72 bits per heavy atom. The van der Waals surface area contributed by atoms with Crippen LogP contribution in [0.25, 0.3) is 5.65 Å². The van der Waals surface area contributed by atoms with E-state index in [1.807, 2.05) is 18.3 Å². The lowest BCUT2D eigenvalue weighted by atomic mass is 9.94. The highest BCUT2D eigenvalue weighted by molar-refractivity contribution is 5.50. The van der Waals surface area contributed by atoms with Crippen LogP contribution in [0.5, 0.6) is 5.75 Å². The normalized spacial score (nSPS) is 30.6. The van der Waals surface area contributed by atoms with Gasteiger partial charge in [-0.1, -0.05) is 0 Å². The number of piperidine rings is 1. The maximum atomic E-state index is 6.23. The molecule has 6 heteroatoms. The zero-order valence-corrected chi connectivity index (χ0v) is 15.3. The van der Waals surface area contributed by atoms with E-state index in [2.05, 4.69) is 33.3 Å². The molecule has 4 rings (SSSR count). The zero-order valence-electron chi connectivity index (χ0n) is 15.3. The van der Waals surface area contributed by atoms with Gasteiger partial charge in [0, 0.05) is 18.1 Å². The summed E-state index contributed by atoms with van der Waals surface area (Å²) in [6.07, 6.45) is 10.2. The van der Waals surface area contributed by atoms with Crippen LogP contribution in [-0.4, -0.2) is 38.8 Å². The molecule has 1 saturated heterocycles. The van der Waals surface area contributed by atoms with E-state index in [1.54, 1.807) is 0 Å². The Morgan fingerprint density at radius 1 is 1.00 bits per heavy atom. The van der Waals surface area contributed by atoms with E-state index < -0.39 is 0 Å². The van der Waals surface area contributed by atoms with Crippen molar-refractivity contribution in [1.82, 2.24) is 14.6 Å². The molecule has 1 saturated carbocycles. The minimum Gasteiger partial charge on any atom is -0.489 e. The van der Waals surface area contributed by atoms with Crippen LogP contribution in [0.1, 0.15) is 58.8 Å². The Bertz CT molecular complexity index is 712. The predicted molar refractivity (Wildman–Crippen MR) is 99.1 cm³/mol. The number of hydrogen-bond acceptors (Lipinski definition) is 5. The van der Waals surface area contributed by atoms with Crippen molar-refractivity contribution in [3.63, 3.8) is 0 Å². The summed E-state index contributed by atoms with van der Waals surface area (Å²) in [7, 11) is 0. The molecule has 0 bridgehead atoms. The molecule has 2 N–H and O–H groups in total. The molecule has 0 aromatic carbocycles. The molecule has 2 aliphatic rings. The monoisotopic (exact) mass is 343 g/mol. The first-order chi connectivity index (χ1) is 12.1. The van der Waals surface area contributed by atoms with E-state index in [0.717, 1.165) is 43.0 Å². The number of pyridine rings is 1. The van der Waals surface area contributed by atoms with Crippen molar-refractivity contribution in [3.8, 4) is 5.75 Å². The van der Waals surface area contributed by atoms with Gasteiger partial charge in [-0.2, -0.15) is 0 Å². The van der Waals surface area contributed by atoms with Gasteiger partial charge >= 0.3 is 0 Å². The van der Waals surface area contributed by atoms with Crippen LogP contribution in [0.2, 0.25) is 0 Å². The number of rotatable bonds is 3. The van der Waals surface area contributed by atoms with Crippen LogP contribution in [0.15, 0.2) is 18.3 Å². The van der Waals surface area contributed by atoms with E-state index in [-0.39, 0.29) is 6.10 Å². The molecule has 1 aliphatic heterocycles. The Balaban J connectivity index is 1.59. The first-order valence-electron chi connectivity index (χ1n) is 9.67. The molecule has 0 amide bonds. The molecule has 25 heavy (non-hydrogen) atoms. The summed E-state index contributed by atoms with van der Waals surface area (Å²) in [5, 5.41) is 8.84. The first-order valence-corrected chi connectivity index (χ1v) is 9.67. The molecular weight excluding hydrogens is 314 g/mol. The predicted octanol–water partition coefficient (Wildman–Crippen LogP) is 3.15. The third-order valence-corrected chi connectivity index (χ3v) is 5.80. The number of hydrogen-bond donors (Lipinski definition) is 1. The standard InChI is InChI=1S/C19H29N5O/c1-13-4-3-5-14(2)24(13)19-22-21-18-11-10-17(12-23(18)19)25-16-8-6-15(20)7-9-16/h10-16H,3-9,20H2,1-2H3/t13-,14+,15-,16-. The molecule has 2 aromatic heterocycles. The summed E-state index contributed by atoms with van der Waals surface area (Å²) < 4.78 is 8.31. The second kappa shape index (κ2) is 6.83. The highest BCUT2D eigenvalue weighted by Crippen LogP contribution is 2.29. The van der Waals surface area contributed by atoms with Gasteiger partial charge in [0.05, 0.1) is 12.3 Å². The minimum absolute atomic E-state index is 0.269. The van der Waals surface area contributed by atoms with E-state index in [1.165, 1.54) is 19.3 Å². The molecular formula is C19H29N5O. The maximum absolute atomic E-state index is 6.23. The van der Waals surface area contributed by atoms with Crippen molar-refractivity contribution >= 4 is 11.6 Å². The van der Waals surface area contributed by atoms with Gasteiger partial charge < -0.3 is 15.4 Å². The van der Waals surface area contributed by atoms with E-state index in [4.69, 9.17) is 10.5 Å². The van der Waals surface area contributed by atoms with Crippen molar-refractivity contribution in [1.29, 1.82) is 0 Å². The second-order valence-corrected chi connectivity index (χ2v) is 7.78. The van der Waals surface area contributed by atoms with Crippen LogP contribution < -0.4 is 15.4 Å². The molecule has 1 aliphatic carbocycles. The van der Waals surface area contributed by atoms with Crippen molar-refractivity contribution < 1.29 is 4.74 Å². The smallest absolute Gasteiger partial charge is 0.232 e. The van der Waals surface area contributed by atoms with E-state index >= 15 is 0 Å². The minimum atomic E-state index is 0.269. The van der Waals surface area contributed by atoms with Crippen LogP contribution in [-0.2, 0) is 0 Å². The second-order valence-electron chi connectivity index (χ2n) is 7.78. The maximum Gasteiger partial charge on any atom is 0.232 e. The summed E-state index contributed by atoms with van der Waals surface area (Å²) in [5.41, 5.74) is 6.87. The van der Waals surface area contributed by atoms with Gasteiger partial charge in [-0.3, -0.25) is 4.40 Å². The molecule has 6 nitrogen and oxygen atoms in total. The molecule has 3 heterocycles. The highest BCUT2D eigenvalue weighted by Gasteiger charge is 2.28. The molecule has 0 radical (unpaired) electrons. The average molecular weight is 343 g/mol. The molecule has 136 valence electrons. The third kappa shape index (κ3) is 3.32. The lowest BCUT2D eigenvalue weighted by Crippen LogP contribution is -2.44. The molecule has 0 spiro atoms. The summed E-state index contributed by atoms with van der Waals surface area (Å²) in [6, 6.07) is 5.32. The summed E-state index contributed by atoms with van der Waals surface area (Å²) in [4.78, 5) is 2.41. The number of anilines is 1. The van der Waals surface area contributed by atoms with Crippen LogP contribution >= 0.6 is 0 Å². The van der Waals surface area contributed by atoms with Gasteiger partial charge in [-0.15, -0.1) is 10.2 Å². The SMILES string of the molecule is C[C@@H]1CCC[C@H](C)N1c1nnc2ccc(O[C@H]3CC[C@H](N)CC3)cn12. The number of fused-ring (bicyclic) bond motifs is 1. The lowest BCUT2D eigenvalue weighted by Gasteiger charge is -2.39. The van der Waals surface area contributed by atoms with Crippen molar-refractivity contribution in [2.45, 2.75) is 83.0 Å². The van der Waals surface area contributed by atoms with Gasteiger partial charge in [0.2, 0.25) is 5.95 Å². The fourth-order valence-electron chi connectivity index (χ4n) is 4.32. The van der Waals surface area contributed by atoms with E-state index in [9.17, 15) is 0 Å². The fourth-order valence-corrected chi connectivity index (χ4v) is 4.32. The first kappa shape index (κ1) is 16.6. The van der Waals surface area contributed by atoms with Gasteiger partial charge in [0.15, 0.2) is 5.65 Å². The van der Waals surface area contributed by atoms with Crippen LogP contribution in [0, 0.1) is 0 Å². The van der Waals surface area contributed by atoms with Gasteiger partial charge in [0.1, 0.15) is 5.75 Å². The fraction of sp³-hybridized carbons (Fsp3) is 0.684. The Kier molecular flexibility index (Phi) is 4.54. The third-order valence-electron chi connectivity index (χ3n) is 5.80. The molecule has 2 fully saturated rings. The van der Waals surface area contributed by atoms with E-state index in [0.29, 0.717) is 18.1 Å². The number of ether oxygens (including phenoxy) is 1. The van der Waals surface area contributed by atoms with Crippen LogP contribution in [0.3, 0.4) is 0 Å². The summed E-state index contributed by atoms with van der Waals surface area (Å²) in [6.45, 7) is 4.56. The lowest BCUT2D eigenvalue weighted by molar-refractivity contribution is 0.146. The molecule has 2 atom stereocenters. The van der Waals surface area contributed by atoms with Gasteiger partial charge in [-0.05, 0) is 70.9 Å². The Labute approximate surface area is 149 Å². The number of aromatic nitrogens is 3. The quantitative estimate of drug-likeness (QED) is 0.927. The number of nitrogens with two attached hydrogens (primary N) is 1. The van der Waals surface area contributed by atoms with Gasteiger partial charge in [0.25, 0.3) is 0 Å². The Morgan fingerprint density at radius 3 is 2.44 bits per heavy atom. The summed E-state index contributed by atoms with van der Waals surface area (Å²) in [5.74, 6) is 1.83. The Hall–Kier alpha value is -1.82. The zero-order chi connectivity index (χ0) is 17.4. The van der Waals surface area contributed by atoms with Gasteiger partial charge in [-0.25, -0.2) is 0 Å². The van der Waals surface area contributed by atoms with Crippen molar-refractivity contribution in [3.05, 3.63) is 18.3 Å². The van der Waals surface area contributed by atoms with Crippen LogP contribution in [0.4, 0.5) is 5.95 Å². The van der Waals surface area contributed by atoms with Crippen molar-refractivity contribution in [2.75, 3.05) is 4.90 Å². The molecule has 0 unspecified atom stereocenters. The van der Waals surface area contributed by atoms with Crippen molar-refractivity contribution in [2.24, 2.45) is 5.73 Å². The number of nitrogens with zero attached hydrogens (tertiary/aromatic N) is 4. The highest BCUT2D eigenvalue weighted by atomic mass is 16.5. The molecule has 2 aromatic rings.